The fourth-order valence-corrected chi connectivity index (χ4v) is 2.84. The van der Waals surface area contributed by atoms with Crippen LogP contribution in [0.3, 0.4) is 0 Å². The van der Waals surface area contributed by atoms with Gasteiger partial charge in [-0.1, -0.05) is 32.1 Å². The van der Waals surface area contributed by atoms with Gasteiger partial charge in [0.1, 0.15) is 0 Å². The van der Waals surface area contributed by atoms with Crippen molar-refractivity contribution in [3.8, 4) is 0 Å². The highest BCUT2D eigenvalue weighted by molar-refractivity contribution is 5.11. The number of nitrogens with zero attached hydrogens (tertiary/aromatic N) is 1. The van der Waals surface area contributed by atoms with E-state index in [1.54, 1.807) is 0 Å². The third kappa shape index (κ3) is 4.10. The molecule has 1 aliphatic carbocycles. The Hall–Kier alpha value is -0.930. The molecule has 1 saturated carbocycles. The summed E-state index contributed by atoms with van der Waals surface area (Å²) in [5.74, 6) is 6.54. The van der Waals surface area contributed by atoms with Gasteiger partial charge in [-0.05, 0) is 36.5 Å². The smallest absolute Gasteiger partial charge is 0.0270 e. The van der Waals surface area contributed by atoms with Crippen LogP contribution in [0.4, 0.5) is 0 Å². The predicted molar refractivity (Wildman–Crippen MR) is 70.2 cm³/mol. The SMILES string of the molecule is NNC(Cc1ccncc1)CC1CCCCC1. The predicted octanol–water partition coefficient (Wildman–Crippen LogP) is 2.43. The molecule has 1 atom stereocenters. The van der Waals surface area contributed by atoms with E-state index in [1.807, 2.05) is 12.4 Å². The maximum atomic E-state index is 5.67. The summed E-state index contributed by atoms with van der Waals surface area (Å²) in [6, 6.07) is 4.55. The van der Waals surface area contributed by atoms with Crippen LogP contribution in [-0.2, 0) is 6.42 Å². The highest BCUT2D eigenvalue weighted by atomic mass is 15.2. The highest BCUT2D eigenvalue weighted by Crippen LogP contribution is 2.27. The Morgan fingerprint density at radius 1 is 1.24 bits per heavy atom. The molecule has 0 spiro atoms. The topological polar surface area (TPSA) is 50.9 Å². The number of hydrogen-bond acceptors (Lipinski definition) is 3. The van der Waals surface area contributed by atoms with Crippen LogP contribution in [-0.4, -0.2) is 11.0 Å². The fraction of sp³-hybridized carbons (Fsp3) is 0.643. The van der Waals surface area contributed by atoms with Crippen molar-refractivity contribution >= 4 is 0 Å². The van der Waals surface area contributed by atoms with Crippen molar-refractivity contribution in [2.75, 3.05) is 0 Å². The summed E-state index contributed by atoms with van der Waals surface area (Å²) in [6.45, 7) is 0. The van der Waals surface area contributed by atoms with Gasteiger partial charge >= 0.3 is 0 Å². The number of hydrogen-bond donors (Lipinski definition) is 2. The lowest BCUT2D eigenvalue weighted by Crippen LogP contribution is -2.38. The zero-order valence-electron chi connectivity index (χ0n) is 10.4. The van der Waals surface area contributed by atoms with E-state index in [9.17, 15) is 0 Å². The molecular weight excluding hydrogens is 210 g/mol. The Morgan fingerprint density at radius 3 is 2.59 bits per heavy atom. The first-order valence-electron chi connectivity index (χ1n) is 6.73. The first kappa shape index (κ1) is 12.5. The Labute approximate surface area is 104 Å². The zero-order chi connectivity index (χ0) is 11.9. The summed E-state index contributed by atoms with van der Waals surface area (Å²) in [5, 5.41) is 0. The Bertz CT molecular complexity index is 307. The van der Waals surface area contributed by atoms with E-state index in [4.69, 9.17) is 5.84 Å². The summed E-state index contributed by atoms with van der Waals surface area (Å²) < 4.78 is 0. The van der Waals surface area contributed by atoms with Gasteiger partial charge in [-0.3, -0.25) is 16.3 Å². The highest BCUT2D eigenvalue weighted by Gasteiger charge is 2.18. The van der Waals surface area contributed by atoms with Crippen LogP contribution in [0.25, 0.3) is 0 Å². The summed E-state index contributed by atoms with van der Waals surface area (Å²) in [7, 11) is 0. The van der Waals surface area contributed by atoms with E-state index in [2.05, 4.69) is 22.5 Å². The first-order chi connectivity index (χ1) is 8.38. The van der Waals surface area contributed by atoms with Crippen LogP contribution in [0.1, 0.15) is 44.1 Å². The molecule has 0 radical (unpaired) electrons. The molecule has 2 rings (SSSR count). The van der Waals surface area contributed by atoms with Crippen molar-refractivity contribution in [2.24, 2.45) is 11.8 Å². The van der Waals surface area contributed by atoms with Gasteiger partial charge in [-0.25, -0.2) is 0 Å². The molecule has 3 nitrogen and oxygen atoms in total. The second kappa shape index (κ2) is 6.72. The van der Waals surface area contributed by atoms with Gasteiger partial charge in [-0.15, -0.1) is 0 Å². The molecule has 0 aromatic carbocycles. The molecule has 1 heterocycles. The average molecular weight is 233 g/mol. The molecule has 1 aromatic rings. The maximum absolute atomic E-state index is 5.67. The monoisotopic (exact) mass is 233 g/mol. The van der Waals surface area contributed by atoms with Crippen LogP contribution in [0, 0.1) is 5.92 Å². The number of rotatable bonds is 5. The molecule has 0 bridgehead atoms. The molecule has 1 aliphatic rings. The molecule has 94 valence electrons. The standard InChI is InChI=1S/C14H23N3/c15-17-14(10-12-4-2-1-3-5-12)11-13-6-8-16-9-7-13/h6-9,12,14,17H,1-5,10-11,15H2. The first-order valence-corrected chi connectivity index (χ1v) is 6.73. The Kier molecular flexibility index (Phi) is 4.95. The van der Waals surface area contributed by atoms with Gasteiger partial charge in [0.2, 0.25) is 0 Å². The number of hydrazine groups is 1. The largest absolute Gasteiger partial charge is 0.271 e. The van der Waals surface area contributed by atoms with Crippen LogP contribution in [0.15, 0.2) is 24.5 Å². The lowest BCUT2D eigenvalue weighted by atomic mass is 9.84. The second-order valence-corrected chi connectivity index (χ2v) is 5.16. The molecule has 17 heavy (non-hydrogen) atoms. The van der Waals surface area contributed by atoms with E-state index < -0.39 is 0 Å². The van der Waals surface area contributed by atoms with Crippen LogP contribution >= 0.6 is 0 Å². The molecular formula is C14H23N3. The Morgan fingerprint density at radius 2 is 1.94 bits per heavy atom. The summed E-state index contributed by atoms with van der Waals surface area (Å²) in [6.07, 6.45) is 12.9. The number of pyridine rings is 1. The third-order valence-electron chi connectivity index (χ3n) is 3.81. The minimum Gasteiger partial charge on any atom is -0.271 e. The number of nitrogens with one attached hydrogen (secondary N) is 1. The van der Waals surface area contributed by atoms with Gasteiger partial charge < -0.3 is 0 Å². The summed E-state index contributed by atoms with van der Waals surface area (Å²) >= 11 is 0. The molecule has 1 aromatic heterocycles. The van der Waals surface area contributed by atoms with Gasteiger partial charge in [0, 0.05) is 18.4 Å². The minimum absolute atomic E-state index is 0.403. The van der Waals surface area contributed by atoms with Crippen LogP contribution in [0.5, 0.6) is 0 Å². The Balaban J connectivity index is 1.83. The zero-order valence-corrected chi connectivity index (χ0v) is 10.4. The quantitative estimate of drug-likeness (QED) is 0.606. The number of nitrogens with two attached hydrogens (primary N) is 1. The van der Waals surface area contributed by atoms with Gasteiger partial charge in [0.25, 0.3) is 0 Å². The molecule has 0 aliphatic heterocycles. The molecule has 1 fully saturated rings. The van der Waals surface area contributed by atoms with Gasteiger partial charge in [0.05, 0.1) is 0 Å². The van der Waals surface area contributed by atoms with Crippen molar-refractivity contribution in [1.82, 2.24) is 10.4 Å². The van der Waals surface area contributed by atoms with E-state index in [-0.39, 0.29) is 0 Å². The third-order valence-corrected chi connectivity index (χ3v) is 3.81. The molecule has 3 heteroatoms. The van der Waals surface area contributed by atoms with Crippen molar-refractivity contribution in [2.45, 2.75) is 51.0 Å². The van der Waals surface area contributed by atoms with E-state index in [0.29, 0.717) is 6.04 Å². The van der Waals surface area contributed by atoms with E-state index in [1.165, 1.54) is 44.1 Å². The average Bonchev–Trinajstić information content (AvgIpc) is 2.40. The lowest BCUT2D eigenvalue weighted by Gasteiger charge is -2.26. The van der Waals surface area contributed by atoms with Crippen molar-refractivity contribution in [3.05, 3.63) is 30.1 Å². The van der Waals surface area contributed by atoms with Crippen LogP contribution < -0.4 is 11.3 Å². The molecule has 3 N–H and O–H groups in total. The summed E-state index contributed by atoms with van der Waals surface area (Å²) in [5.41, 5.74) is 4.30. The second-order valence-electron chi connectivity index (χ2n) is 5.16. The normalized spacial score (nSPS) is 19.1. The summed E-state index contributed by atoms with van der Waals surface area (Å²) in [4.78, 5) is 4.04. The molecule has 0 amide bonds. The van der Waals surface area contributed by atoms with Crippen molar-refractivity contribution in [1.29, 1.82) is 0 Å². The molecule has 0 saturated heterocycles. The van der Waals surface area contributed by atoms with Gasteiger partial charge in [-0.2, -0.15) is 0 Å². The number of aromatic nitrogens is 1. The van der Waals surface area contributed by atoms with Gasteiger partial charge in [0.15, 0.2) is 0 Å². The maximum Gasteiger partial charge on any atom is 0.0270 e. The van der Waals surface area contributed by atoms with E-state index >= 15 is 0 Å². The lowest BCUT2D eigenvalue weighted by molar-refractivity contribution is 0.298. The fourth-order valence-electron chi connectivity index (χ4n) is 2.84. The van der Waals surface area contributed by atoms with Crippen LogP contribution in [0.2, 0.25) is 0 Å². The van der Waals surface area contributed by atoms with Crippen molar-refractivity contribution < 1.29 is 0 Å². The van der Waals surface area contributed by atoms with E-state index in [0.717, 1.165) is 12.3 Å². The molecule has 1 unspecified atom stereocenters. The minimum atomic E-state index is 0.403. The van der Waals surface area contributed by atoms with Crippen molar-refractivity contribution in [3.63, 3.8) is 0 Å².